The summed E-state index contributed by atoms with van der Waals surface area (Å²) in [4.78, 5) is 0. The van der Waals surface area contributed by atoms with Crippen LogP contribution in [0.15, 0.2) is 21.1 Å². The maximum Gasteiger partial charge on any atom is 0.138 e. The van der Waals surface area contributed by atoms with Gasteiger partial charge < -0.3 is 14.8 Å². The van der Waals surface area contributed by atoms with Gasteiger partial charge in [0, 0.05) is 35.1 Å². The molecule has 1 aliphatic carbocycles. The van der Waals surface area contributed by atoms with Gasteiger partial charge >= 0.3 is 0 Å². The Balaban J connectivity index is 2.07. The van der Waals surface area contributed by atoms with E-state index >= 15 is 0 Å². The first-order valence-electron chi connectivity index (χ1n) is 7.27. The quantitative estimate of drug-likeness (QED) is 0.734. The molecule has 0 amide bonds. The van der Waals surface area contributed by atoms with Gasteiger partial charge in [-0.05, 0) is 41.4 Å². The molecule has 1 saturated carbocycles. The van der Waals surface area contributed by atoms with Crippen LogP contribution >= 0.6 is 31.9 Å². The zero-order valence-electron chi connectivity index (χ0n) is 13.0. The molecule has 1 fully saturated rings. The van der Waals surface area contributed by atoms with Crippen LogP contribution in [-0.2, 0) is 11.3 Å². The zero-order valence-corrected chi connectivity index (χ0v) is 16.2. The Morgan fingerprint density at radius 2 is 2.05 bits per heavy atom. The molecule has 1 aromatic carbocycles. The number of hydrogen-bond acceptors (Lipinski definition) is 3. The van der Waals surface area contributed by atoms with E-state index in [-0.39, 0.29) is 5.41 Å². The highest BCUT2D eigenvalue weighted by atomic mass is 79.9. The number of methoxy groups -OCH3 is 1. The average Bonchev–Trinajstić information content (AvgIpc) is 2.41. The van der Waals surface area contributed by atoms with Crippen LogP contribution in [-0.4, -0.2) is 25.9 Å². The van der Waals surface area contributed by atoms with E-state index in [9.17, 15) is 0 Å². The van der Waals surface area contributed by atoms with E-state index in [0.717, 1.165) is 33.2 Å². The molecule has 0 spiro atoms. The average molecular weight is 421 g/mol. The summed E-state index contributed by atoms with van der Waals surface area (Å²) in [6.45, 7) is 7.96. The van der Waals surface area contributed by atoms with Crippen LogP contribution in [0.1, 0.15) is 32.8 Å². The van der Waals surface area contributed by atoms with Crippen LogP contribution in [0.3, 0.4) is 0 Å². The van der Waals surface area contributed by atoms with E-state index in [1.165, 1.54) is 0 Å². The number of halogens is 2. The van der Waals surface area contributed by atoms with Gasteiger partial charge in [0.1, 0.15) is 5.75 Å². The third-order valence-electron chi connectivity index (χ3n) is 4.38. The van der Waals surface area contributed by atoms with Gasteiger partial charge in [-0.25, -0.2) is 0 Å². The predicted molar refractivity (Wildman–Crippen MR) is 92.8 cm³/mol. The highest BCUT2D eigenvalue weighted by Crippen LogP contribution is 2.43. The van der Waals surface area contributed by atoms with Crippen molar-refractivity contribution in [2.75, 3.05) is 13.7 Å². The van der Waals surface area contributed by atoms with E-state index < -0.39 is 0 Å². The molecule has 0 aromatic heterocycles. The molecule has 0 heterocycles. The summed E-state index contributed by atoms with van der Waals surface area (Å²) in [6.07, 6.45) is 1.40. The Labute approximate surface area is 144 Å². The minimum absolute atomic E-state index is 0.170. The first-order valence-corrected chi connectivity index (χ1v) is 8.85. The Morgan fingerprint density at radius 3 is 2.62 bits per heavy atom. The zero-order chi connectivity index (χ0) is 15.6. The summed E-state index contributed by atoms with van der Waals surface area (Å²) < 4.78 is 13.3. The standard InChI is InChI=1S/C16H23Br2NO2/c1-5-21-15-10(6-11(17)7-12(15)18)9-19-13-8-14(20-4)16(13,2)3/h6-7,13-14,19H,5,8-9H2,1-4H3. The van der Waals surface area contributed by atoms with Gasteiger partial charge in [-0.2, -0.15) is 0 Å². The molecule has 118 valence electrons. The first-order chi connectivity index (χ1) is 9.90. The van der Waals surface area contributed by atoms with Crippen molar-refractivity contribution in [1.82, 2.24) is 5.32 Å². The summed E-state index contributed by atoms with van der Waals surface area (Å²) in [7, 11) is 1.79. The largest absolute Gasteiger partial charge is 0.492 e. The molecule has 0 aliphatic heterocycles. The minimum atomic E-state index is 0.170. The molecule has 21 heavy (non-hydrogen) atoms. The predicted octanol–water partition coefficient (Wildman–Crippen LogP) is 4.51. The number of benzene rings is 1. The molecule has 2 rings (SSSR count). The lowest BCUT2D eigenvalue weighted by Crippen LogP contribution is -2.60. The van der Waals surface area contributed by atoms with Gasteiger partial charge in [-0.3, -0.25) is 0 Å². The van der Waals surface area contributed by atoms with Gasteiger partial charge in [0.25, 0.3) is 0 Å². The van der Waals surface area contributed by atoms with Crippen LogP contribution in [0.5, 0.6) is 5.75 Å². The van der Waals surface area contributed by atoms with E-state index in [0.29, 0.717) is 18.8 Å². The Morgan fingerprint density at radius 1 is 1.33 bits per heavy atom. The van der Waals surface area contributed by atoms with E-state index in [4.69, 9.17) is 9.47 Å². The molecule has 5 heteroatoms. The normalized spacial score (nSPS) is 23.7. The monoisotopic (exact) mass is 419 g/mol. The molecular weight excluding hydrogens is 398 g/mol. The van der Waals surface area contributed by atoms with Gasteiger partial charge in [-0.15, -0.1) is 0 Å². The second-order valence-electron chi connectivity index (χ2n) is 6.02. The van der Waals surface area contributed by atoms with E-state index in [2.05, 4.69) is 57.1 Å². The number of nitrogens with one attached hydrogen (secondary N) is 1. The molecule has 1 aromatic rings. The number of ether oxygens (including phenoxy) is 2. The first kappa shape index (κ1) is 17.3. The van der Waals surface area contributed by atoms with Crippen LogP contribution in [0.4, 0.5) is 0 Å². The van der Waals surface area contributed by atoms with Crippen molar-refractivity contribution in [2.24, 2.45) is 5.41 Å². The highest BCUT2D eigenvalue weighted by Gasteiger charge is 2.48. The van der Waals surface area contributed by atoms with Crippen molar-refractivity contribution >= 4 is 31.9 Å². The summed E-state index contributed by atoms with van der Waals surface area (Å²) >= 11 is 7.12. The maximum atomic E-state index is 5.77. The fourth-order valence-corrected chi connectivity index (χ4v) is 4.34. The third kappa shape index (κ3) is 3.63. The summed E-state index contributed by atoms with van der Waals surface area (Å²) in [6, 6.07) is 4.60. The lowest BCUT2D eigenvalue weighted by Gasteiger charge is -2.51. The van der Waals surface area contributed by atoms with Crippen LogP contribution in [0.2, 0.25) is 0 Å². The van der Waals surface area contributed by atoms with Gasteiger partial charge in [0.05, 0.1) is 17.2 Å². The third-order valence-corrected chi connectivity index (χ3v) is 5.42. The Bertz CT molecular complexity index is 505. The maximum absolute atomic E-state index is 5.77. The minimum Gasteiger partial charge on any atom is -0.492 e. The van der Waals surface area contributed by atoms with Crippen molar-refractivity contribution in [1.29, 1.82) is 0 Å². The van der Waals surface area contributed by atoms with E-state index in [1.54, 1.807) is 7.11 Å². The molecule has 2 unspecified atom stereocenters. The summed E-state index contributed by atoms with van der Waals surface area (Å²) in [5, 5.41) is 3.64. The Kier molecular flexibility index (Phi) is 5.74. The van der Waals surface area contributed by atoms with Crippen molar-refractivity contribution < 1.29 is 9.47 Å². The van der Waals surface area contributed by atoms with E-state index in [1.807, 2.05) is 13.0 Å². The van der Waals surface area contributed by atoms with Crippen molar-refractivity contribution in [2.45, 2.75) is 45.9 Å². The number of hydrogen-bond donors (Lipinski definition) is 1. The van der Waals surface area contributed by atoms with Crippen molar-refractivity contribution in [3.05, 3.63) is 26.6 Å². The highest BCUT2D eigenvalue weighted by molar-refractivity contribution is 9.11. The van der Waals surface area contributed by atoms with Crippen molar-refractivity contribution in [3.8, 4) is 5.75 Å². The second-order valence-corrected chi connectivity index (χ2v) is 7.79. The smallest absolute Gasteiger partial charge is 0.138 e. The molecule has 1 N–H and O–H groups in total. The molecule has 3 nitrogen and oxygen atoms in total. The van der Waals surface area contributed by atoms with Crippen LogP contribution in [0.25, 0.3) is 0 Å². The second kappa shape index (κ2) is 6.99. The fraction of sp³-hybridized carbons (Fsp3) is 0.625. The molecule has 0 bridgehead atoms. The summed E-state index contributed by atoms with van der Waals surface area (Å²) in [5.74, 6) is 0.925. The van der Waals surface area contributed by atoms with Gasteiger partial charge in [0.15, 0.2) is 0 Å². The molecule has 1 aliphatic rings. The lowest BCUT2D eigenvalue weighted by molar-refractivity contribution is -0.0979. The van der Waals surface area contributed by atoms with Crippen molar-refractivity contribution in [3.63, 3.8) is 0 Å². The summed E-state index contributed by atoms with van der Waals surface area (Å²) in [5.41, 5.74) is 1.33. The molecule has 2 atom stereocenters. The Hall–Kier alpha value is -0.100. The molecular formula is C16H23Br2NO2. The topological polar surface area (TPSA) is 30.5 Å². The van der Waals surface area contributed by atoms with Crippen LogP contribution < -0.4 is 10.1 Å². The molecule has 0 saturated heterocycles. The SMILES string of the molecule is CCOc1c(Br)cc(Br)cc1CNC1CC(OC)C1(C)C. The van der Waals surface area contributed by atoms with Crippen LogP contribution in [0, 0.1) is 5.41 Å². The fourth-order valence-electron chi connectivity index (χ4n) is 2.92. The lowest BCUT2D eigenvalue weighted by atomic mass is 9.64. The van der Waals surface area contributed by atoms with Gasteiger partial charge in [0.2, 0.25) is 0 Å². The van der Waals surface area contributed by atoms with Gasteiger partial charge in [-0.1, -0.05) is 29.8 Å². The molecule has 0 radical (unpaired) electrons. The number of rotatable bonds is 6.